The summed E-state index contributed by atoms with van der Waals surface area (Å²) in [6.07, 6.45) is 1.77. The Morgan fingerprint density at radius 2 is 1.62 bits per heavy atom. The van der Waals surface area contributed by atoms with Crippen molar-refractivity contribution in [2.45, 2.75) is 13.8 Å². The van der Waals surface area contributed by atoms with Crippen molar-refractivity contribution in [1.82, 2.24) is 10.1 Å². The predicted molar refractivity (Wildman–Crippen MR) is 51.5 cm³/mol. The lowest BCUT2D eigenvalue weighted by atomic mass is 10.5. The van der Waals surface area contributed by atoms with E-state index in [2.05, 4.69) is 9.68 Å². The molecule has 7 nitrogen and oxygen atoms in total. The van der Waals surface area contributed by atoms with Crippen LogP contribution in [0.4, 0.5) is 4.79 Å². The zero-order valence-corrected chi connectivity index (χ0v) is 9.00. The van der Waals surface area contributed by atoms with Crippen molar-refractivity contribution in [2.24, 2.45) is 0 Å². The summed E-state index contributed by atoms with van der Waals surface area (Å²) in [5, 5.41) is 0.289. The van der Waals surface area contributed by atoms with Gasteiger partial charge in [-0.3, -0.25) is 9.68 Å². The first-order valence-corrected chi connectivity index (χ1v) is 4.79. The van der Waals surface area contributed by atoms with Gasteiger partial charge in [-0.25, -0.2) is 14.4 Å². The maximum absolute atomic E-state index is 11.7. The highest BCUT2D eigenvalue weighted by molar-refractivity contribution is 5.93. The first-order valence-electron chi connectivity index (χ1n) is 4.79. The molecule has 0 bridgehead atoms. The highest BCUT2D eigenvalue weighted by Crippen LogP contribution is 2.06. The largest absolute Gasteiger partial charge is 0.391 e. The van der Waals surface area contributed by atoms with Gasteiger partial charge in [0.25, 0.3) is 0 Å². The van der Waals surface area contributed by atoms with E-state index in [-0.39, 0.29) is 5.23 Å². The van der Waals surface area contributed by atoms with Crippen molar-refractivity contribution in [3.8, 4) is 0 Å². The Hall–Kier alpha value is -2.05. The van der Waals surface area contributed by atoms with Gasteiger partial charge in [0.2, 0.25) is 0 Å². The Morgan fingerprint density at radius 3 is 2.00 bits per heavy atom. The van der Waals surface area contributed by atoms with E-state index in [1.54, 1.807) is 13.8 Å². The van der Waals surface area contributed by atoms with Crippen LogP contribution >= 0.6 is 0 Å². The van der Waals surface area contributed by atoms with Crippen LogP contribution in [0.15, 0.2) is 12.2 Å². The molecule has 1 rings (SSSR count). The number of amides is 2. The van der Waals surface area contributed by atoms with Crippen LogP contribution in [0.1, 0.15) is 13.8 Å². The number of carbonyl (C=O) groups is 3. The Morgan fingerprint density at radius 1 is 1.19 bits per heavy atom. The molecule has 0 N–H and O–H groups in total. The molecule has 0 aliphatic carbocycles. The molecular weight excluding hydrogens is 216 g/mol. The third-order valence-electron chi connectivity index (χ3n) is 1.89. The Kier molecular flexibility index (Phi) is 3.87. The summed E-state index contributed by atoms with van der Waals surface area (Å²) < 4.78 is 0. The predicted octanol–water partition coefficient (Wildman–Crippen LogP) is 0.236. The lowest BCUT2D eigenvalue weighted by molar-refractivity contribution is -0.286. The molecule has 0 atom stereocenters. The van der Waals surface area contributed by atoms with E-state index in [0.717, 1.165) is 12.2 Å². The summed E-state index contributed by atoms with van der Waals surface area (Å²) in [5.41, 5.74) is 0. The molecule has 1 heterocycles. The lowest BCUT2D eigenvalue weighted by Gasteiger charge is -2.23. The van der Waals surface area contributed by atoms with Gasteiger partial charge in [0, 0.05) is 30.5 Å². The van der Waals surface area contributed by atoms with E-state index in [9.17, 15) is 14.4 Å². The lowest BCUT2D eigenvalue weighted by Crippen LogP contribution is -2.44. The molecule has 0 aromatic heterocycles. The highest BCUT2D eigenvalue weighted by atomic mass is 17.0. The molecule has 1 aliphatic rings. The van der Waals surface area contributed by atoms with Crippen LogP contribution in [-0.4, -0.2) is 41.2 Å². The van der Waals surface area contributed by atoms with Crippen molar-refractivity contribution in [3.63, 3.8) is 0 Å². The van der Waals surface area contributed by atoms with Gasteiger partial charge < -0.3 is 4.90 Å². The quantitative estimate of drug-likeness (QED) is 0.676. The molecule has 0 aromatic rings. The summed E-state index contributed by atoms with van der Waals surface area (Å²) in [7, 11) is 0. The second-order valence-electron chi connectivity index (χ2n) is 2.87. The van der Waals surface area contributed by atoms with E-state index in [4.69, 9.17) is 0 Å². The number of nitrogens with zero attached hydrogens (tertiary/aromatic N) is 2. The van der Waals surface area contributed by atoms with Gasteiger partial charge in [-0.15, -0.1) is 0 Å². The molecular formula is C9H12N2O5. The molecule has 0 radical (unpaired) electrons. The van der Waals surface area contributed by atoms with Gasteiger partial charge in [0.05, 0.1) is 0 Å². The topological polar surface area (TPSA) is 76.2 Å². The average molecular weight is 228 g/mol. The number of hydrogen-bond acceptors (Lipinski definition) is 5. The van der Waals surface area contributed by atoms with Gasteiger partial charge in [-0.05, 0) is 13.8 Å². The zero-order valence-electron chi connectivity index (χ0n) is 9.00. The van der Waals surface area contributed by atoms with Crippen molar-refractivity contribution < 1.29 is 24.1 Å². The normalized spacial score (nSPS) is 15.2. The summed E-state index contributed by atoms with van der Waals surface area (Å²) in [6.45, 7) is 4.32. The molecule has 0 saturated heterocycles. The fourth-order valence-corrected chi connectivity index (χ4v) is 1.07. The smallest absolute Gasteiger partial charge is 0.320 e. The van der Waals surface area contributed by atoms with E-state index in [0.29, 0.717) is 13.1 Å². The maximum atomic E-state index is 11.7. The minimum Gasteiger partial charge on any atom is -0.320 e. The Labute approximate surface area is 92.1 Å². The highest BCUT2D eigenvalue weighted by Gasteiger charge is 2.28. The van der Waals surface area contributed by atoms with Crippen LogP contribution in [0.2, 0.25) is 0 Å². The first kappa shape index (κ1) is 12.0. The second kappa shape index (κ2) is 5.15. The summed E-state index contributed by atoms with van der Waals surface area (Å²) in [4.78, 5) is 44.0. The second-order valence-corrected chi connectivity index (χ2v) is 2.87. The van der Waals surface area contributed by atoms with Crippen LogP contribution in [0.3, 0.4) is 0 Å². The molecule has 0 unspecified atom stereocenters. The third kappa shape index (κ3) is 2.72. The zero-order chi connectivity index (χ0) is 12.1. The monoisotopic (exact) mass is 228 g/mol. The SMILES string of the molecule is CCN(CC)C(=O)N1OC(=O)C=CC(=O)O1. The van der Waals surface area contributed by atoms with Crippen molar-refractivity contribution in [3.05, 3.63) is 12.2 Å². The average Bonchev–Trinajstić information content (AvgIpc) is 2.42. The van der Waals surface area contributed by atoms with E-state index in [1.165, 1.54) is 4.90 Å². The van der Waals surface area contributed by atoms with Gasteiger partial charge in [0.15, 0.2) is 0 Å². The van der Waals surface area contributed by atoms with Gasteiger partial charge >= 0.3 is 18.0 Å². The fourth-order valence-electron chi connectivity index (χ4n) is 1.07. The molecule has 88 valence electrons. The molecule has 7 heteroatoms. The minimum absolute atomic E-state index is 0.289. The van der Waals surface area contributed by atoms with E-state index in [1.807, 2.05) is 0 Å². The van der Waals surface area contributed by atoms with Crippen molar-refractivity contribution in [2.75, 3.05) is 13.1 Å². The number of carbonyl (C=O) groups excluding carboxylic acids is 3. The number of hydroxylamine groups is 2. The summed E-state index contributed by atoms with van der Waals surface area (Å²) >= 11 is 0. The molecule has 1 aliphatic heterocycles. The molecule has 16 heavy (non-hydrogen) atoms. The minimum atomic E-state index is -0.841. The number of urea groups is 1. The van der Waals surface area contributed by atoms with Crippen LogP contribution in [0, 0.1) is 0 Å². The van der Waals surface area contributed by atoms with Gasteiger partial charge in [-0.2, -0.15) is 0 Å². The summed E-state index contributed by atoms with van der Waals surface area (Å²) in [5.74, 6) is -1.68. The van der Waals surface area contributed by atoms with Crippen LogP contribution < -0.4 is 0 Å². The van der Waals surface area contributed by atoms with Crippen molar-refractivity contribution in [1.29, 1.82) is 0 Å². The molecule has 0 aromatic carbocycles. The standard InChI is InChI=1S/C9H12N2O5/c1-3-10(4-2)9(14)11-15-7(12)5-6-8(13)16-11/h5-6H,3-4H2,1-2H3. The van der Waals surface area contributed by atoms with Crippen LogP contribution in [0.25, 0.3) is 0 Å². The first-order chi connectivity index (χ1) is 7.58. The van der Waals surface area contributed by atoms with Gasteiger partial charge in [-0.1, -0.05) is 0 Å². The fraction of sp³-hybridized carbons (Fsp3) is 0.444. The molecule has 0 fully saturated rings. The molecule has 0 saturated carbocycles. The van der Waals surface area contributed by atoms with Crippen LogP contribution in [-0.2, 0) is 19.3 Å². The van der Waals surface area contributed by atoms with Gasteiger partial charge in [0.1, 0.15) is 0 Å². The summed E-state index contributed by atoms with van der Waals surface area (Å²) in [6, 6.07) is -0.699. The van der Waals surface area contributed by atoms with E-state index >= 15 is 0 Å². The van der Waals surface area contributed by atoms with E-state index < -0.39 is 18.0 Å². The van der Waals surface area contributed by atoms with Crippen molar-refractivity contribution >= 4 is 18.0 Å². The molecule has 2 amide bonds. The third-order valence-corrected chi connectivity index (χ3v) is 1.89. The van der Waals surface area contributed by atoms with Crippen LogP contribution in [0.5, 0.6) is 0 Å². The maximum Gasteiger partial charge on any atom is 0.391 e. The number of rotatable bonds is 2. The molecule has 0 spiro atoms. The Bertz CT molecular complexity index is 315. The number of hydrogen-bond donors (Lipinski definition) is 0. The Balaban J connectivity index is 2.76.